The van der Waals surface area contributed by atoms with E-state index in [2.05, 4.69) is 52.8 Å². The van der Waals surface area contributed by atoms with Crippen LogP contribution in [0.5, 0.6) is 5.75 Å². The van der Waals surface area contributed by atoms with E-state index in [9.17, 15) is 0 Å². The van der Waals surface area contributed by atoms with Gasteiger partial charge >= 0.3 is 0 Å². The van der Waals surface area contributed by atoms with E-state index in [-0.39, 0.29) is 11.0 Å². The highest BCUT2D eigenvalue weighted by Crippen LogP contribution is 2.43. The first-order valence-electron chi connectivity index (χ1n) is 7.26. The number of ether oxygens (including phenoxy) is 1. The first-order chi connectivity index (χ1) is 8.73. The third kappa shape index (κ3) is 3.11. The molecule has 1 aromatic carbocycles. The summed E-state index contributed by atoms with van der Waals surface area (Å²) in [6, 6.07) is 6.66. The molecule has 1 heterocycles. The maximum absolute atomic E-state index is 6.12. The molecule has 19 heavy (non-hydrogen) atoms. The van der Waals surface area contributed by atoms with Gasteiger partial charge in [0.1, 0.15) is 11.4 Å². The standard InChI is InChI=1S/C17H27NO/c1-16(2,3)13-6-7-15-14(10-13)12(8-9-18)11-17(4,5)19-15/h6-7,10,12H,8-9,11,18H2,1-5H3. The molecule has 106 valence electrons. The van der Waals surface area contributed by atoms with Crippen LogP contribution >= 0.6 is 0 Å². The maximum atomic E-state index is 6.12. The molecular weight excluding hydrogens is 234 g/mol. The Morgan fingerprint density at radius 1 is 1.32 bits per heavy atom. The van der Waals surface area contributed by atoms with Gasteiger partial charge in [0.2, 0.25) is 0 Å². The fourth-order valence-electron chi connectivity index (χ4n) is 2.93. The van der Waals surface area contributed by atoms with Crippen molar-refractivity contribution < 1.29 is 4.74 Å². The summed E-state index contributed by atoms with van der Waals surface area (Å²) in [4.78, 5) is 0. The van der Waals surface area contributed by atoms with Gasteiger partial charge in [0.25, 0.3) is 0 Å². The molecule has 0 bridgehead atoms. The van der Waals surface area contributed by atoms with Crippen LogP contribution < -0.4 is 10.5 Å². The Hall–Kier alpha value is -1.02. The van der Waals surface area contributed by atoms with E-state index in [1.54, 1.807) is 0 Å². The van der Waals surface area contributed by atoms with Crippen molar-refractivity contribution in [2.24, 2.45) is 5.73 Å². The summed E-state index contributed by atoms with van der Waals surface area (Å²) in [6.07, 6.45) is 2.08. The van der Waals surface area contributed by atoms with Crippen molar-refractivity contribution in [1.82, 2.24) is 0 Å². The Labute approximate surface area is 117 Å². The molecule has 2 rings (SSSR count). The van der Waals surface area contributed by atoms with E-state index in [4.69, 9.17) is 10.5 Å². The Balaban J connectivity index is 2.43. The summed E-state index contributed by atoms with van der Waals surface area (Å²) >= 11 is 0. The fraction of sp³-hybridized carbons (Fsp3) is 0.647. The monoisotopic (exact) mass is 261 g/mol. The van der Waals surface area contributed by atoms with Crippen LogP contribution in [0.15, 0.2) is 18.2 Å². The van der Waals surface area contributed by atoms with Gasteiger partial charge in [-0.25, -0.2) is 0 Å². The van der Waals surface area contributed by atoms with Crippen LogP contribution in [0.2, 0.25) is 0 Å². The molecule has 2 heteroatoms. The summed E-state index contributed by atoms with van der Waals surface area (Å²) in [5.41, 5.74) is 8.59. The van der Waals surface area contributed by atoms with Crippen LogP contribution in [-0.2, 0) is 5.41 Å². The van der Waals surface area contributed by atoms with Crippen molar-refractivity contribution in [1.29, 1.82) is 0 Å². The molecule has 0 aromatic heterocycles. The van der Waals surface area contributed by atoms with Gasteiger partial charge in [-0.3, -0.25) is 0 Å². The van der Waals surface area contributed by atoms with Crippen molar-refractivity contribution in [3.63, 3.8) is 0 Å². The molecule has 2 N–H and O–H groups in total. The van der Waals surface area contributed by atoms with E-state index in [0.29, 0.717) is 5.92 Å². The highest BCUT2D eigenvalue weighted by Gasteiger charge is 2.33. The second-order valence-corrected chi connectivity index (χ2v) is 7.34. The van der Waals surface area contributed by atoms with Gasteiger partial charge < -0.3 is 10.5 Å². The Morgan fingerprint density at radius 2 is 2.00 bits per heavy atom. The summed E-state index contributed by atoms with van der Waals surface area (Å²) in [5.74, 6) is 1.56. The van der Waals surface area contributed by atoms with Crippen LogP contribution in [0.4, 0.5) is 0 Å². The molecular formula is C17H27NO. The minimum absolute atomic E-state index is 0.0872. The average Bonchev–Trinajstić information content (AvgIpc) is 2.26. The van der Waals surface area contributed by atoms with E-state index in [1.165, 1.54) is 11.1 Å². The zero-order valence-electron chi connectivity index (χ0n) is 12.9. The van der Waals surface area contributed by atoms with Crippen LogP contribution in [0, 0.1) is 0 Å². The largest absolute Gasteiger partial charge is 0.488 e. The molecule has 1 aromatic rings. The SMILES string of the molecule is CC1(C)CC(CCN)c2cc(C(C)(C)C)ccc2O1. The predicted octanol–water partition coefficient (Wildman–Crippen LogP) is 3.98. The van der Waals surface area contributed by atoms with Crippen molar-refractivity contribution in [3.05, 3.63) is 29.3 Å². The molecule has 0 fully saturated rings. The zero-order valence-corrected chi connectivity index (χ0v) is 12.9. The van der Waals surface area contributed by atoms with Crippen molar-refractivity contribution >= 4 is 0 Å². The van der Waals surface area contributed by atoms with Crippen molar-refractivity contribution in [3.8, 4) is 5.75 Å². The zero-order chi connectivity index (χ0) is 14.3. The second kappa shape index (κ2) is 4.82. The summed E-state index contributed by atoms with van der Waals surface area (Å²) < 4.78 is 6.12. The van der Waals surface area contributed by atoms with Crippen LogP contribution in [0.25, 0.3) is 0 Å². The van der Waals surface area contributed by atoms with E-state index in [0.717, 1.165) is 25.1 Å². The topological polar surface area (TPSA) is 35.2 Å². The molecule has 1 unspecified atom stereocenters. The Morgan fingerprint density at radius 3 is 2.58 bits per heavy atom. The first-order valence-corrected chi connectivity index (χ1v) is 7.26. The van der Waals surface area contributed by atoms with E-state index in [1.807, 2.05) is 0 Å². The lowest BCUT2D eigenvalue weighted by atomic mass is 9.79. The van der Waals surface area contributed by atoms with Gasteiger partial charge in [-0.15, -0.1) is 0 Å². The van der Waals surface area contributed by atoms with Gasteiger partial charge in [0.05, 0.1) is 0 Å². The normalized spacial score (nSPS) is 21.7. The molecule has 0 saturated carbocycles. The molecule has 1 atom stereocenters. The number of hydrogen-bond acceptors (Lipinski definition) is 2. The van der Waals surface area contributed by atoms with Crippen LogP contribution in [0.1, 0.15) is 64.5 Å². The molecule has 1 aliphatic rings. The molecule has 1 aliphatic heterocycles. The number of fused-ring (bicyclic) bond motifs is 1. The average molecular weight is 261 g/mol. The summed E-state index contributed by atoms with van der Waals surface area (Å²) in [7, 11) is 0. The molecule has 0 spiro atoms. The highest BCUT2D eigenvalue weighted by molar-refractivity contribution is 5.44. The van der Waals surface area contributed by atoms with Gasteiger partial charge in [-0.1, -0.05) is 32.9 Å². The lowest BCUT2D eigenvalue weighted by molar-refractivity contribution is 0.0707. The Kier molecular flexibility index (Phi) is 3.65. The minimum atomic E-state index is -0.0872. The highest BCUT2D eigenvalue weighted by atomic mass is 16.5. The fourth-order valence-corrected chi connectivity index (χ4v) is 2.93. The first kappa shape index (κ1) is 14.4. The summed E-state index contributed by atoms with van der Waals surface area (Å²) in [6.45, 7) is 11.8. The Bertz CT molecular complexity index is 457. The van der Waals surface area contributed by atoms with Crippen LogP contribution in [-0.4, -0.2) is 12.1 Å². The van der Waals surface area contributed by atoms with Crippen molar-refractivity contribution in [2.45, 2.75) is 64.4 Å². The lowest BCUT2D eigenvalue weighted by Crippen LogP contribution is -2.35. The van der Waals surface area contributed by atoms with Gasteiger partial charge in [-0.2, -0.15) is 0 Å². The van der Waals surface area contributed by atoms with Crippen molar-refractivity contribution in [2.75, 3.05) is 6.54 Å². The summed E-state index contributed by atoms with van der Waals surface area (Å²) in [5, 5.41) is 0. The van der Waals surface area contributed by atoms with Crippen LogP contribution in [0.3, 0.4) is 0 Å². The third-order valence-electron chi connectivity index (χ3n) is 3.95. The molecule has 0 amide bonds. The van der Waals surface area contributed by atoms with Gasteiger partial charge in [-0.05, 0) is 61.8 Å². The maximum Gasteiger partial charge on any atom is 0.123 e. The quantitative estimate of drug-likeness (QED) is 0.874. The number of nitrogens with two attached hydrogens (primary N) is 1. The van der Waals surface area contributed by atoms with E-state index >= 15 is 0 Å². The molecule has 2 nitrogen and oxygen atoms in total. The number of rotatable bonds is 2. The molecule has 0 aliphatic carbocycles. The molecule has 0 radical (unpaired) electrons. The predicted molar refractivity (Wildman–Crippen MR) is 80.9 cm³/mol. The molecule has 0 saturated heterocycles. The third-order valence-corrected chi connectivity index (χ3v) is 3.95. The smallest absolute Gasteiger partial charge is 0.123 e. The second-order valence-electron chi connectivity index (χ2n) is 7.34. The number of hydrogen-bond donors (Lipinski definition) is 1. The van der Waals surface area contributed by atoms with Gasteiger partial charge in [0.15, 0.2) is 0 Å². The van der Waals surface area contributed by atoms with E-state index < -0.39 is 0 Å². The lowest BCUT2D eigenvalue weighted by Gasteiger charge is -2.38. The van der Waals surface area contributed by atoms with Gasteiger partial charge in [0, 0.05) is 0 Å². The number of benzene rings is 1. The minimum Gasteiger partial charge on any atom is -0.488 e.